The van der Waals surface area contributed by atoms with Crippen molar-refractivity contribution in [2.24, 2.45) is 0 Å². The first-order valence-corrected chi connectivity index (χ1v) is 11.7. The normalized spacial score (nSPS) is 12.6. The molecule has 1 amide bonds. The Morgan fingerprint density at radius 3 is 2.58 bits per heavy atom. The Balaban J connectivity index is 1.82. The van der Waals surface area contributed by atoms with Gasteiger partial charge in [-0.2, -0.15) is 5.10 Å². The molecule has 0 fully saturated rings. The van der Waals surface area contributed by atoms with Crippen molar-refractivity contribution in [3.63, 3.8) is 0 Å². The van der Waals surface area contributed by atoms with Gasteiger partial charge in [0.2, 0.25) is 5.91 Å². The predicted octanol–water partition coefficient (Wildman–Crippen LogP) is 6.10. The lowest BCUT2D eigenvalue weighted by atomic mass is 9.92. The smallest absolute Gasteiger partial charge is 0.227 e. The topological polar surface area (TPSA) is 46.9 Å². The Morgan fingerprint density at radius 2 is 1.97 bits per heavy atom. The van der Waals surface area contributed by atoms with Gasteiger partial charge in [-0.05, 0) is 55.1 Å². The quantitative estimate of drug-likeness (QED) is 0.453. The summed E-state index contributed by atoms with van der Waals surface area (Å²) in [5.74, 6) is -0.957. The molecule has 3 aromatic rings. The van der Waals surface area contributed by atoms with Crippen LogP contribution < -0.4 is 5.32 Å². The van der Waals surface area contributed by atoms with Gasteiger partial charge in [0.05, 0.1) is 29.5 Å². The molecule has 1 aromatic heterocycles. The molecule has 3 rings (SSSR count). The first kappa shape index (κ1) is 23.4. The van der Waals surface area contributed by atoms with E-state index in [1.165, 1.54) is 17.8 Å². The Bertz CT molecular complexity index is 1090. The highest BCUT2D eigenvalue weighted by Gasteiger charge is 2.22. The van der Waals surface area contributed by atoms with Gasteiger partial charge in [0.1, 0.15) is 5.82 Å². The molecule has 4 nitrogen and oxygen atoms in total. The van der Waals surface area contributed by atoms with Crippen LogP contribution in [0.2, 0.25) is 5.02 Å². The second-order valence-corrected chi connectivity index (χ2v) is 9.78. The zero-order valence-corrected chi connectivity index (χ0v) is 19.9. The Morgan fingerprint density at radius 1 is 1.23 bits per heavy atom. The summed E-state index contributed by atoms with van der Waals surface area (Å²) in [5, 5.41) is 8.35. The van der Waals surface area contributed by atoms with Crippen LogP contribution in [0.4, 0.5) is 4.39 Å². The number of hydrogen-bond acceptors (Lipinski definition) is 3. The average molecular weight is 460 g/mol. The molecule has 7 heteroatoms. The van der Waals surface area contributed by atoms with Gasteiger partial charge in [-0.3, -0.25) is 4.79 Å². The fourth-order valence-electron chi connectivity index (χ4n) is 3.18. The Hall–Kier alpha value is -2.31. The fraction of sp³-hybridized carbons (Fsp3) is 0.333. The number of carbonyl (C=O) groups excluding carboxylic acids is 1. The molecule has 0 saturated carbocycles. The summed E-state index contributed by atoms with van der Waals surface area (Å²) in [5.41, 5.74) is 3.09. The summed E-state index contributed by atoms with van der Waals surface area (Å²) in [6.45, 7) is 8.35. The molecule has 0 aliphatic carbocycles. The maximum Gasteiger partial charge on any atom is 0.227 e. The Labute approximate surface area is 192 Å². The summed E-state index contributed by atoms with van der Waals surface area (Å²) in [7, 11) is 0. The van der Waals surface area contributed by atoms with Crippen LogP contribution in [0.25, 0.3) is 5.69 Å². The molecule has 1 unspecified atom stereocenters. The number of benzene rings is 2. The van der Waals surface area contributed by atoms with E-state index in [0.29, 0.717) is 22.0 Å². The zero-order valence-electron chi connectivity index (χ0n) is 18.4. The van der Waals surface area contributed by atoms with Crippen molar-refractivity contribution >= 4 is 29.3 Å². The molecule has 0 aliphatic heterocycles. The minimum Gasteiger partial charge on any atom is -0.350 e. The summed E-state index contributed by atoms with van der Waals surface area (Å²) in [4.78, 5) is 13.4. The molecule has 1 N–H and O–H groups in total. The first-order valence-electron chi connectivity index (χ1n) is 10.1. The van der Waals surface area contributed by atoms with Crippen LogP contribution in [0.1, 0.15) is 50.6 Å². The van der Waals surface area contributed by atoms with Crippen molar-refractivity contribution in [2.75, 3.05) is 6.26 Å². The van der Waals surface area contributed by atoms with E-state index in [1.54, 1.807) is 19.1 Å². The minimum atomic E-state index is -0.477. The third-order valence-electron chi connectivity index (χ3n) is 5.12. The van der Waals surface area contributed by atoms with Crippen molar-refractivity contribution in [3.8, 4) is 5.69 Å². The fourth-order valence-corrected chi connectivity index (χ4v) is 3.82. The minimum absolute atomic E-state index is 0.146. The highest BCUT2D eigenvalue weighted by Crippen LogP contribution is 2.26. The molecule has 0 radical (unpaired) electrons. The lowest BCUT2D eigenvalue weighted by Gasteiger charge is -2.14. The lowest BCUT2D eigenvalue weighted by Crippen LogP contribution is -2.28. The van der Waals surface area contributed by atoms with E-state index in [2.05, 4.69) is 26.1 Å². The van der Waals surface area contributed by atoms with E-state index < -0.39 is 5.92 Å². The number of nitrogens with one attached hydrogen (secondary N) is 1. The van der Waals surface area contributed by atoms with E-state index in [4.69, 9.17) is 16.7 Å². The third kappa shape index (κ3) is 5.49. The maximum absolute atomic E-state index is 14.1. The number of carbonyl (C=O) groups is 1. The van der Waals surface area contributed by atoms with Gasteiger partial charge in [0, 0.05) is 15.3 Å². The summed E-state index contributed by atoms with van der Waals surface area (Å²) < 4.78 is 15.9. The number of aromatic nitrogens is 2. The van der Waals surface area contributed by atoms with Crippen molar-refractivity contribution in [3.05, 3.63) is 76.3 Å². The second-order valence-electron chi connectivity index (χ2n) is 8.50. The molecule has 1 atom stereocenters. The lowest BCUT2D eigenvalue weighted by molar-refractivity contribution is -0.122. The van der Waals surface area contributed by atoms with Gasteiger partial charge in [-0.15, -0.1) is 11.8 Å². The average Bonchev–Trinajstić information content (AvgIpc) is 3.16. The van der Waals surface area contributed by atoms with Crippen molar-refractivity contribution < 1.29 is 9.18 Å². The molecule has 2 aromatic carbocycles. The number of halogens is 2. The van der Waals surface area contributed by atoms with Crippen LogP contribution >= 0.6 is 23.4 Å². The predicted molar refractivity (Wildman–Crippen MR) is 126 cm³/mol. The van der Waals surface area contributed by atoms with E-state index >= 15 is 0 Å². The number of rotatable bonds is 6. The van der Waals surface area contributed by atoms with Gasteiger partial charge in [-0.25, -0.2) is 9.07 Å². The molecule has 0 spiro atoms. The van der Waals surface area contributed by atoms with Crippen molar-refractivity contribution in [1.82, 2.24) is 15.1 Å². The first-order chi connectivity index (χ1) is 14.6. The SMILES string of the molecule is CSc1ccc(C(C)C(=O)NCc2cc(C(C)(C)C)nn2-c2cccc(Cl)c2)cc1F. The molecular weight excluding hydrogens is 433 g/mol. The highest BCUT2D eigenvalue weighted by atomic mass is 35.5. The summed E-state index contributed by atoms with van der Waals surface area (Å²) >= 11 is 7.51. The summed E-state index contributed by atoms with van der Waals surface area (Å²) in [6.07, 6.45) is 1.82. The molecule has 0 saturated heterocycles. The second kappa shape index (κ2) is 9.45. The zero-order chi connectivity index (χ0) is 22.8. The number of thioether (sulfide) groups is 1. The van der Waals surface area contributed by atoms with Gasteiger partial charge in [0.15, 0.2) is 0 Å². The number of hydrogen-bond donors (Lipinski definition) is 1. The van der Waals surface area contributed by atoms with Crippen LogP contribution in [0, 0.1) is 5.82 Å². The number of nitrogens with zero attached hydrogens (tertiary/aromatic N) is 2. The van der Waals surface area contributed by atoms with Gasteiger partial charge < -0.3 is 5.32 Å². The van der Waals surface area contributed by atoms with Gasteiger partial charge >= 0.3 is 0 Å². The van der Waals surface area contributed by atoms with Crippen LogP contribution in [-0.2, 0) is 16.8 Å². The van der Waals surface area contributed by atoms with Crippen LogP contribution in [0.5, 0.6) is 0 Å². The van der Waals surface area contributed by atoms with Gasteiger partial charge in [-0.1, -0.05) is 44.5 Å². The highest BCUT2D eigenvalue weighted by molar-refractivity contribution is 7.98. The largest absolute Gasteiger partial charge is 0.350 e. The molecule has 0 bridgehead atoms. The van der Waals surface area contributed by atoms with Crippen LogP contribution in [0.15, 0.2) is 53.4 Å². The molecule has 1 heterocycles. The standard InChI is InChI=1S/C24H27ClFN3OS/c1-15(16-9-10-21(31-5)20(26)11-16)23(30)27-14-19-13-22(24(2,3)4)28-29(19)18-8-6-7-17(25)12-18/h6-13,15H,14H2,1-5H3,(H,27,30). The molecule has 0 aliphatic rings. The summed E-state index contributed by atoms with van der Waals surface area (Å²) in [6, 6.07) is 14.4. The van der Waals surface area contributed by atoms with Crippen molar-refractivity contribution in [1.29, 1.82) is 0 Å². The van der Waals surface area contributed by atoms with E-state index in [-0.39, 0.29) is 17.1 Å². The maximum atomic E-state index is 14.1. The third-order valence-corrected chi connectivity index (χ3v) is 6.12. The van der Waals surface area contributed by atoms with Crippen molar-refractivity contribution in [2.45, 2.75) is 50.5 Å². The molecule has 31 heavy (non-hydrogen) atoms. The van der Waals surface area contributed by atoms with E-state index in [9.17, 15) is 9.18 Å². The molecular formula is C24H27ClFN3OS. The number of amides is 1. The van der Waals surface area contributed by atoms with Gasteiger partial charge in [0.25, 0.3) is 0 Å². The van der Waals surface area contributed by atoms with E-state index in [1.807, 2.05) is 41.3 Å². The van der Waals surface area contributed by atoms with Crippen LogP contribution in [0.3, 0.4) is 0 Å². The monoisotopic (exact) mass is 459 g/mol. The Kier molecular flexibility index (Phi) is 7.12. The van der Waals surface area contributed by atoms with Crippen LogP contribution in [-0.4, -0.2) is 21.9 Å². The van der Waals surface area contributed by atoms with E-state index in [0.717, 1.165) is 17.1 Å². The molecule has 164 valence electrons.